The van der Waals surface area contributed by atoms with Crippen LogP contribution in [0, 0.1) is 11.8 Å². The van der Waals surface area contributed by atoms with Crippen molar-refractivity contribution in [1.82, 2.24) is 24.4 Å². The lowest BCUT2D eigenvalue weighted by Gasteiger charge is -2.36. The Morgan fingerprint density at radius 2 is 2.00 bits per heavy atom. The van der Waals surface area contributed by atoms with E-state index in [2.05, 4.69) is 27.1 Å². The molecule has 35 heavy (non-hydrogen) atoms. The highest BCUT2D eigenvalue weighted by atomic mass is 19.4. The Bertz CT molecular complexity index is 1360. The molecule has 1 aliphatic rings. The van der Waals surface area contributed by atoms with Crippen LogP contribution in [-0.2, 0) is 23.1 Å². The zero-order valence-corrected chi connectivity index (χ0v) is 18.8. The van der Waals surface area contributed by atoms with Gasteiger partial charge < -0.3 is 19.7 Å². The minimum Gasteiger partial charge on any atom is -0.433 e. The molecule has 10 nitrogen and oxygen atoms in total. The lowest BCUT2D eigenvalue weighted by molar-refractivity contribution is -0.205. The maximum atomic E-state index is 13.3. The van der Waals surface area contributed by atoms with Crippen molar-refractivity contribution in [2.45, 2.75) is 25.9 Å². The largest absolute Gasteiger partial charge is 0.491 e. The Labute approximate surface area is 197 Å². The number of halogens is 3. The molecule has 1 aromatic carbocycles. The van der Waals surface area contributed by atoms with E-state index in [1.807, 2.05) is 0 Å². The smallest absolute Gasteiger partial charge is 0.433 e. The number of nitrogens with zero attached hydrogens (tertiary/aromatic N) is 5. The predicted molar refractivity (Wildman–Crippen MR) is 119 cm³/mol. The van der Waals surface area contributed by atoms with Crippen molar-refractivity contribution in [3.8, 4) is 23.6 Å². The fourth-order valence-electron chi connectivity index (χ4n) is 3.55. The van der Waals surface area contributed by atoms with Crippen LogP contribution in [0.2, 0.25) is 0 Å². The van der Waals surface area contributed by atoms with Crippen molar-refractivity contribution < 1.29 is 27.4 Å². The molecule has 4 rings (SSSR count). The van der Waals surface area contributed by atoms with Gasteiger partial charge in [-0.05, 0) is 19.1 Å². The van der Waals surface area contributed by atoms with E-state index >= 15 is 0 Å². The van der Waals surface area contributed by atoms with Crippen LogP contribution in [0.5, 0.6) is 11.8 Å². The number of piperazine rings is 1. The van der Waals surface area contributed by atoms with E-state index in [4.69, 9.17) is 9.47 Å². The number of benzene rings is 1. The number of aromatic nitrogens is 4. The number of anilines is 1. The van der Waals surface area contributed by atoms with Crippen molar-refractivity contribution in [1.29, 1.82) is 0 Å². The van der Waals surface area contributed by atoms with Crippen LogP contribution in [-0.4, -0.2) is 57.1 Å². The molecule has 1 saturated heterocycles. The average molecular weight is 490 g/mol. The molecular formula is C22H21F3N6O4. The van der Waals surface area contributed by atoms with E-state index < -0.39 is 23.9 Å². The summed E-state index contributed by atoms with van der Waals surface area (Å²) in [6.45, 7) is 2.10. The maximum absolute atomic E-state index is 13.3. The van der Waals surface area contributed by atoms with E-state index in [0.717, 1.165) is 0 Å². The zero-order chi connectivity index (χ0) is 25.2. The summed E-state index contributed by atoms with van der Waals surface area (Å²) in [5, 5.41) is 2.89. The van der Waals surface area contributed by atoms with E-state index in [-0.39, 0.29) is 42.8 Å². The highest BCUT2D eigenvalue weighted by Gasteiger charge is 2.44. The van der Waals surface area contributed by atoms with Crippen LogP contribution in [0.3, 0.4) is 0 Å². The third-order valence-electron chi connectivity index (χ3n) is 5.22. The van der Waals surface area contributed by atoms with Gasteiger partial charge in [0.25, 0.3) is 5.56 Å². The topological polar surface area (TPSA) is 104 Å². The summed E-state index contributed by atoms with van der Waals surface area (Å²) >= 11 is 0. The molecule has 13 heteroatoms. The second-order valence-electron chi connectivity index (χ2n) is 7.53. The van der Waals surface area contributed by atoms with Crippen LogP contribution in [0.25, 0.3) is 11.2 Å². The van der Waals surface area contributed by atoms with Gasteiger partial charge in [0.2, 0.25) is 5.95 Å². The first-order valence-electron chi connectivity index (χ1n) is 10.6. The quantitative estimate of drug-likeness (QED) is 0.427. The highest BCUT2D eigenvalue weighted by Crippen LogP contribution is 2.26. The summed E-state index contributed by atoms with van der Waals surface area (Å²) in [4.78, 5) is 35.0. The van der Waals surface area contributed by atoms with Crippen molar-refractivity contribution in [2.75, 3.05) is 24.5 Å². The monoisotopic (exact) mass is 490 g/mol. The van der Waals surface area contributed by atoms with Crippen LogP contribution >= 0.6 is 0 Å². The molecule has 184 valence electrons. The molecule has 0 amide bonds. The fourth-order valence-corrected chi connectivity index (χ4v) is 3.55. The van der Waals surface area contributed by atoms with Crippen LogP contribution < -0.4 is 20.5 Å². The molecule has 1 N–H and O–H groups in total. The summed E-state index contributed by atoms with van der Waals surface area (Å²) in [6, 6.07) is 8.69. The number of rotatable bonds is 5. The normalized spacial score (nSPS) is 16.0. The molecule has 0 radical (unpaired) electrons. The number of esters is 1. The van der Waals surface area contributed by atoms with Crippen molar-refractivity contribution in [2.24, 2.45) is 7.05 Å². The number of para-hydroxylation sites is 1. The van der Waals surface area contributed by atoms with Gasteiger partial charge in [-0.1, -0.05) is 24.1 Å². The van der Waals surface area contributed by atoms with Gasteiger partial charge in [0.15, 0.2) is 17.4 Å². The summed E-state index contributed by atoms with van der Waals surface area (Å²) in [6.07, 6.45) is -6.47. The molecule has 0 spiro atoms. The number of fused-ring (bicyclic) bond motifs is 1. The number of nitrogens with one attached hydrogen (secondary N) is 1. The molecular weight excluding hydrogens is 469 g/mol. The average Bonchev–Trinajstić information content (AvgIpc) is 3.19. The minimum atomic E-state index is -5.15. The van der Waals surface area contributed by atoms with Gasteiger partial charge >= 0.3 is 18.2 Å². The molecule has 1 aliphatic heterocycles. The van der Waals surface area contributed by atoms with Crippen LogP contribution in [0.4, 0.5) is 19.1 Å². The Hall–Kier alpha value is -4.05. The fraction of sp³-hybridized carbons (Fsp3) is 0.364. The zero-order valence-electron chi connectivity index (χ0n) is 18.8. The van der Waals surface area contributed by atoms with Crippen molar-refractivity contribution in [3.05, 3.63) is 40.7 Å². The highest BCUT2D eigenvalue weighted by molar-refractivity contribution is 5.77. The first-order chi connectivity index (χ1) is 16.7. The molecule has 0 saturated carbocycles. The first-order valence-corrected chi connectivity index (χ1v) is 10.6. The van der Waals surface area contributed by atoms with Gasteiger partial charge in [0, 0.05) is 20.1 Å². The Morgan fingerprint density at radius 3 is 2.69 bits per heavy atom. The van der Waals surface area contributed by atoms with Crippen LogP contribution in [0.1, 0.15) is 6.92 Å². The molecule has 2 aromatic heterocycles. The summed E-state index contributed by atoms with van der Waals surface area (Å²) < 4.78 is 51.7. The second kappa shape index (κ2) is 9.67. The molecule has 0 aliphatic carbocycles. The standard InChI is InChI=1S/C22H21F3N6O4/c1-3-4-11-31-16-17(28-21(29(2)18(16)32)34-14-8-6-5-7-9-14)27-20(31)30-12-10-26-13-15(30)35-19(33)22(23,24)25/h5-9,15,26H,10-13H2,1-2H3. The Kier molecular flexibility index (Phi) is 6.65. The number of imidazole rings is 1. The van der Waals surface area contributed by atoms with Gasteiger partial charge in [-0.15, -0.1) is 5.92 Å². The third-order valence-corrected chi connectivity index (χ3v) is 5.22. The molecule has 1 fully saturated rings. The minimum absolute atomic E-state index is 0.0159. The SMILES string of the molecule is CC#CCn1c(N2CCNCC2OC(=O)C(F)(F)F)nc2nc(Oc3ccccc3)n(C)c(=O)c21. The molecule has 1 atom stereocenters. The van der Waals surface area contributed by atoms with Crippen LogP contribution in [0.15, 0.2) is 35.1 Å². The predicted octanol–water partition coefficient (Wildman–Crippen LogP) is 1.79. The second-order valence-corrected chi connectivity index (χ2v) is 7.53. The van der Waals surface area contributed by atoms with Gasteiger partial charge in [-0.25, -0.2) is 4.79 Å². The number of carbonyl (C=O) groups is 1. The Morgan fingerprint density at radius 1 is 1.26 bits per heavy atom. The van der Waals surface area contributed by atoms with E-state index in [1.165, 1.54) is 21.1 Å². The van der Waals surface area contributed by atoms with Gasteiger partial charge in [-0.2, -0.15) is 23.1 Å². The third kappa shape index (κ3) is 4.92. The van der Waals surface area contributed by atoms with E-state index in [9.17, 15) is 22.8 Å². The molecule has 0 bridgehead atoms. The van der Waals surface area contributed by atoms with Crippen molar-refractivity contribution in [3.63, 3.8) is 0 Å². The molecule has 3 aromatic rings. The van der Waals surface area contributed by atoms with Crippen molar-refractivity contribution >= 4 is 23.1 Å². The summed E-state index contributed by atoms with van der Waals surface area (Å²) in [5.41, 5.74) is -0.381. The van der Waals surface area contributed by atoms with Gasteiger partial charge in [0.1, 0.15) is 5.75 Å². The number of hydrogen-bond acceptors (Lipinski definition) is 8. The summed E-state index contributed by atoms with van der Waals surface area (Å²) in [5.74, 6) is 3.80. The lowest BCUT2D eigenvalue weighted by Crippen LogP contribution is -2.55. The summed E-state index contributed by atoms with van der Waals surface area (Å²) in [7, 11) is 1.48. The first kappa shape index (κ1) is 24.1. The Balaban J connectivity index is 1.81. The van der Waals surface area contributed by atoms with E-state index in [1.54, 1.807) is 37.3 Å². The molecule has 3 heterocycles. The van der Waals surface area contributed by atoms with Gasteiger partial charge in [0.05, 0.1) is 13.1 Å². The maximum Gasteiger partial charge on any atom is 0.491 e. The molecule has 1 unspecified atom stereocenters. The van der Waals surface area contributed by atoms with E-state index in [0.29, 0.717) is 12.3 Å². The lowest BCUT2D eigenvalue weighted by atomic mass is 10.3. The number of hydrogen-bond donors (Lipinski definition) is 1. The number of ether oxygens (including phenoxy) is 2. The number of alkyl halides is 3. The number of carbonyl (C=O) groups excluding carboxylic acids is 1. The van der Waals surface area contributed by atoms with Gasteiger partial charge in [-0.3, -0.25) is 13.9 Å².